The van der Waals surface area contributed by atoms with Crippen LogP contribution in [-0.4, -0.2) is 9.97 Å². The molecule has 10 heavy (non-hydrogen) atoms. The Labute approximate surface area is 67.8 Å². The van der Waals surface area contributed by atoms with Crippen molar-refractivity contribution in [2.24, 2.45) is 0 Å². The zero-order chi connectivity index (χ0) is 7.56. The minimum atomic E-state index is 0.472. The first kappa shape index (κ1) is 7.47. The fourth-order valence-electron chi connectivity index (χ4n) is 0.653. The highest BCUT2D eigenvalue weighted by molar-refractivity contribution is 9.10. The number of nitrogens with two attached hydrogens (primary N) is 1. The lowest BCUT2D eigenvalue weighted by atomic mass is 10.3. The molecule has 1 aromatic rings. The smallest absolute Gasteiger partial charge is 0.142 e. The third-order valence-corrected chi connectivity index (χ3v) is 1.81. The second-order valence-corrected chi connectivity index (χ2v) is 2.64. The lowest BCUT2D eigenvalue weighted by Gasteiger charge is -1.98. The lowest BCUT2D eigenvalue weighted by Crippen LogP contribution is -1.97. The second-order valence-electron chi connectivity index (χ2n) is 1.89. The molecule has 1 rings (SSSR count). The number of hydrogen-bond donors (Lipinski definition) is 1. The van der Waals surface area contributed by atoms with Gasteiger partial charge in [0.25, 0.3) is 0 Å². The van der Waals surface area contributed by atoms with E-state index < -0.39 is 0 Å². The molecular formula is C6H8BrN3. The number of nitrogen functional groups attached to an aromatic ring is 1. The van der Waals surface area contributed by atoms with Gasteiger partial charge in [0.15, 0.2) is 0 Å². The summed E-state index contributed by atoms with van der Waals surface area (Å²) in [6.45, 7) is 2.01. The first-order valence-corrected chi connectivity index (χ1v) is 3.80. The van der Waals surface area contributed by atoms with Gasteiger partial charge < -0.3 is 5.73 Å². The van der Waals surface area contributed by atoms with E-state index in [4.69, 9.17) is 5.73 Å². The largest absolute Gasteiger partial charge is 0.382 e. The maximum Gasteiger partial charge on any atom is 0.142 e. The van der Waals surface area contributed by atoms with Crippen LogP contribution in [0.1, 0.15) is 12.6 Å². The van der Waals surface area contributed by atoms with Crippen molar-refractivity contribution >= 4 is 21.7 Å². The first-order valence-electron chi connectivity index (χ1n) is 3.01. The lowest BCUT2D eigenvalue weighted by molar-refractivity contribution is 0.985. The van der Waals surface area contributed by atoms with Gasteiger partial charge in [-0.05, 0) is 22.4 Å². The quantitative estimate of drug-likeness (QED) is 0.748. The summed E-state index contributed by atoms with van der Waals surface area (Å²) in [4.78, 5) is 8.04. The summed E-state index contributed by atoms with van der Waals surface area (Å²) >= 11 is 3.26. The van der Waals surface area contributed by atoms with Crippen LogP contribution in [0.4, 0.5) is 5.82 Å². The van der Waals surface area contributed by atoms with E-state index in [1.165, 1.54) is 6.20 Å². The van der Waals surface area contributed by atoms with Crippen LogP contribution in [0.25, 0.3) is 0 Å². The fraction of sp³-hybridized carbons (Fsp3) is 0.333. The fourth-order valence-corrected chi connectivity index (χ4v) is 1.12. The maximum atomic E-state index is 5.41. The van der Waals surface area contributed by atoms with Crippen LogP contribution in [0.2, 0.25) is 0 Å². The molecule has 1 heterocycles. The Balaban J connectivity index is 3.09. The predicted molar refractivity (Wildman–Crippen MR) is 43.5 cm³/mol. The topological polar surface area (TPSA) is 51.8 Å². The zero-order valence-electron chi connectivity index (χ0n) is 5.63. The second kappa shape index (κ2) is 2.96. The molecule has 4 heteroatoms. The van der Waals surface area contributed by atoms with Crippen molar-refractivity contribution in [1.82, 2.24) is 9.97 Å². The molecular weight excluding hydrogens is 194 g/mol. The van der Waals surface area contributed by atoms with Crippen LogP contribution in [0.5, 0.6) is 0 Å². The molecule has 1 aromatic heterocycles. The number of aromatic nitrogens is 2. The average Bonchev–Trinajstić information content (AvgIpc) is 1.94. The van der Waals surface area contributed by atoms with Crippen molar-refractivity contribution in [1.29, 1.82) is 0 Å². The van der Waals surface area contributed by atoms with Gasteiger partial charge in [0.05, 0.1) is 11.9 Å². The van der Waals surface area contributed by atoms with Crippen molar-refractivity contribution in [3.8, 4) is 0 Å². The Bertz CT molecular complexity index is 236. The van der Waals surface area contributed by atoms with Crippen LogP contribution in [0.15, 0.2) is 10.8 Å². The van der Waals surface area contributed by atoms with Crippen LogP contribution in [0.3, 0.4) is 0 Å². The summed E-state index contributed by atoms with van der Waals surface area (Å²) in [6.07, 6.45) is 2.38. The van der Waals surface area contributed by atoms with E-state index in [-0.39, 0.29) is 0 Å². The number of anilines is 1. The Kier molecular flexibility index (Phi) is 2.21. The summed E-state index contributed by atoms with van der Waals surface area (Å²) in [5, 5.41) is 0. The number of hydrogen-bond acceptors (Lipinski definition) is 3. The molecule has 0 unspecified atom stereocenters. The molecule has 0 saturated heterocycles. The molecule has 0 radical (unpaired) electrons. The summed E-state index contributed by atoms with van der Waals surface area (Å²) in [6, 6.07) is 0. The normalized spacial score (nSPS) is 9.80. The van der Waals surface area contributed by atoms with Crippen molar-refractivity contribution in [3.05, 3.63) is 16.5 Å². The molecule has 0 aliphatic heterocycles. The van der Waals surface area contributed by atoms with E-state index in [1.807, 2.05) is 6.92 Å². The molecule has 2 N–H and O–H groups in total. The highest BCUT2D eigenvalue weighted by atomic mass is 79.9. The van der Waals surface area contributed by atoms with Gasteiger partial charge in [-0.25, -0.2) is 9.97 Å². The van der Waals surface area contributed by atoms with E-state index in [0.717, 1.165) is 16.7 Å². The molecule has 0 aromatic carbocycles. The summed E-state index contributed by atoms with van der Waals surface area (Å²) in [5.74, 6) is 0.472. The number of rotatable bonds is 1. The Hall–Kier alpha value is -0.640. The van der Waals surface area contributed by atoms with Gasteiger partial charge in [0.2, 0.25) is 0 Å². The SMILES string of the molecule is CCc1nc(N)cnc1Br. The Morgan fingerprint density at radius 3 is 2.90 bits per heavy atom. The molecule has 0 saturated carbocycles. The third-order valence-electron chi connectivity index (χ3n) is 1.15. The molecule has 0 bridgehead atoms. The molecule has 0 amide bonds. The number of nitrogens with zero attached hydrogens (tertiary/aromatic N) is 2. The van der Waals surface area contributed by atoms with Gasteiger partial charge in [-0.1, -0.05) is 6.92 Å². The monoisotopic (exact) mass is 201 g/mol. The van der Waals surface area contributed by atoms with E-state index >= 15 is 0 Å². The Morgan fingerprint density at radius 1 is 1.70 bits per heavy atom. The first-order chi connectivity index (χ1) is 4.74. The van der Waals surface area contributed by atoms with Crippen molar-refractivity contribution in [2.45, 2.75) is 13.3 Å². The summed E-state index contributed by atoms with van der Waals surface area (Å²) in [7, 11) is 0. The average molecular weight is 202 g/mol. The van der Waals surface area contributed by atoms with Crippen molar-refractivity contribution in [2.75, 3.05) is 5.73 Å². The van der Waals surface area contributed by atoms with Gasteiger partial charge in [0, 0.05) is 0 Å². The minimum Gasteiger partial charge on any atom is -0.382 e. The zero-order valence-corrected chi connectivity index (χ0v) is 7.22. The van der Waals surface area contributed by atoms with Crippen LogP contribution in [-0.2, 0) is 6.42 Å². The van der Waals surface area contributed by atoms with Gasteiger partial charge in [-0.15, -0.1) is 0 Å². The molecule has 0 atom stereocenters. The van der Waals surface area contributed by atoms with E-state index in [2.05, 4.69) is 25.9 Å². The Morgan fingerprint density at radius 2 is 2.40 bits per heavy atom. The van der Waals surface area contributed by atoms with E-state index in [1.54, 1.807) is 0 Å². The molecule has 3 nitrogen and oxygen atoms in total. The van der Waals surface area contributed by atoms with E-state index in [0.29, 0.717) is 5.82 Å². The third kappa shape index (κ3) is 1.44. The van der Waals surface area contributed by atoms with Gasteiger partial charge >= 0.3 is 0 Å². The predicted octanol–water partition coefficient (Wildman–Crippen LogP) is 1.38. The highest BCUT2D eigenvalue weighted by Gasteiger charge is 1.99. The number of halogens is 1. The molecule has 0 spiro atoms. The standard InChI is InChI=1S/C6H8BrN3/c1-2-4-6(7)9-3-5(8)10-4/h3H,2H2,1H3,(H2,8,10). The van der Waals surface area contributed by atoms with Gasteiger partial charge in [0.1, 0.15) is 10.4 Å². The number of aryl methyl sites for hydroxylation is 1. The van der Waals surface area contributed by atoms with Crippen molar-refractivity contribution in [3.63, 3.8) is 0 Å². The minimum absolute atomic E-state index is 0.472. The molecule has 0 fully saturated rings. The highest BCUT2D eigenvalue weighted by Crippen LogP contribution is 2.12. The molecule has 54 valence electrons. The molecule has 0 aliphatic rings. The van der Waals surface area contributed by atoms with Crippen LogP contribution in [0, 0.1) is 0 Å². The maximum absolute atomic E-state index is 5.41. The van der Waals surface area contributed by atoms with Gasteiger partial charge in [-0.2, -0.15) is 0 Å². The summed E-state index contributed by atoms with van der Waals surface area (Å²) < 4.78 is 0.782. The van der Waals surface area contributed by atoms with Gasteiger partial charge in [-0.3, -0.25) is 0 Å². The summed E-state index contributed by atoms with van der Waals surface area (Å²) in [5.41, 5.74) is 6.31. The van der Waals surface area contributed by atoms with Crippen LogP contribution < -0.4 is 5.73 Å². The van der Waals surface area contributed by atoms with Crippen LogP contribution >= 0.6 is 15.9 Å². The van der Waals surface area contributed by atoms with Crippen molar-refractivity contribution < 1.29 is 0 Å². The van der Waals surface area contributed by atoms with E-state index in [9.17, 15) is 0 Å². The molecule has 0 aliphatic carbocycles.